The molecule has 1 aromatic carbocycles. The number of aromatic amines is 1. The predicted molar refractivity (Wildman–Crippen MR) is 164 cm³/mol. The highest BCUT2D eigenvalue weighted by atomic mass is 16.5. The Hall–Kier alpha value is -3.27. The summed E-state index contributed by atoms with van der Waals surface area (Å²) in [6.07, 6.45) is 15.8. The maximum Gasteiger partial charge on any atom is 0.243 e. The fourth-order valence-corrected chi connectivity index (χ4v) is 4.66. The fourth-order valence-electron chi connectivity index (χ4n) is 4.66. The monoisotopic (exact) mass is 555 g/mol. The lowest BCUT2D eigenvalue weighted by molar-refractivity contribution is -0.116. The van der Waals surface area contributed by atoms with E-state index < -0.39 is 0 Å². The van der Waals surface area contributed by atoms with E-state index >= 15 is 0 Å². The molecule has 1 aromatic heterocycles. The number of hydrogen-bond acceptors (Lipinski definition) is 7. The van der Waals surface area contributed by atoms with Crippen molar-refractivity contribution in [2.24, 2.45) is 5.73 Å². The molecule has 3 fully saturated rings. The van der Waals surface area contributed by atoms with E-state index in [1.54, 1.807) is 37.5 Å². The molecule has 2 saturated heterocycles. The van der Waals surface area contributed by atoms with Crippen LogP contribution in [0.15, 0.2) is 49.2 Å². The number of phenolic OH excluding ortho intramolecular Hbond substituents is 1. The number of likely N-dealkylation sites (N-methyl/N-ethyl adjacent to an activating group) is 1. The SMILES string of the molecule is C1CCC(N2CCOCC2)CC1.C1CCOCC1.C=CC(=O)NC.N/C(=C\c1cc[nH]c1N)c1ccccc1O. The second-order valence-electron chi connectivity index (χ2n) is 9.90. The lowest BCUT2D eigenvalue weighted by Crippen LogP contribution is -2.44. The molecule has 40 heavy (non-hydrogen) atoms. The first kappa shape index (κ1) is 32.9. The molecular formula is C31H49N5O4. The van der Waals surface area contributed by atoms with E-state index in [9.17, 15) is 9.90 Å². The van der Waals surface area contributed by atoms with Crippen LogP contribution in [0.1, 0.15) is 62.5 Å². The van der Waals surface area contributed by atoms with Gasteiger partial charge in [0.05, 0.1) is 13.2 Å². The molecule has 5 rings (SSSR count). The van der Waals surface area contributed by atoms with Gasteiger partial charge in [0.15, 0.2) is 0 Å². The van der Waals surface area contributed by atoms with Crippen LogP contribution in [-0.4, -0.2) is 73.5 Å². The highest BCUT2D eigenvalue weighted by Gasteiger charge is 2.22. The van der Waals surface area contributed by atoms with Gasteiger partial charge >= 0.3 is 0 Å². The second kappa shape index (κ2) is 19.7. The van der Waals surface area contributed by atoms with Crippen LogP contribution in [0.4, 0.5) is 5.82 Å². The summed E-state index contributed by atoms with van der Waals surface area (Å²) in [4.78, 5) is 15.4. The highest BCUT2D eigenvalue weighted by Crippen LogP contribution is 2.24. The average molecular weight is 556 g/mol. The number of amides is 1. The summed E-state index contributed by atoms with van der Waals surface area (Å²) >= 11 is 0. The number of anilines is 1. The number of ether oxygens (including phenoxy) is 2. The zero-order chi connectivity index (χ0) is 29.0. The highest BCUT2D eigenvalue weighted by molar-refractivity contribution is 5.86. The van der Waals surface area contributed by atoms with Crippen LogP contribution >= 0.6 is 0 Å². The largest absolute Gasteiger partial charge is 0.507 e. The van der Waals surface area contributed by atoms with Gasteiger partial charge < -0.3 is 36.3 Å². The van der Waals surface area contributed by atoms with E-state index in [1.165, 1.54) is 70.5 Å². The second-order valence-corrected chi connectivity index (χ2v) is 9.90. The molecule has 1 aliphatic carbocycles. The molecule has 0 atom stereocenters. The van der Waals surface area contributed by atoms with Gasteiger partial charge in [0.25, 0.3) is 0 Å². The summed E-state index contributed by atoms with van der Waals surface area (Å²) < 4.78 is 10.4. The van der Waals surface area contributed by atoms with Crippen molar-refractivity contribution >= 4 is 23.5 Å². The van der Waals surface area contributed by atoms with Gasteiger partial charge in [-0.05, 0) is 62.5 Å². The minimum Gasteiger partial charge on any atom is -0.507 e. The van der Waals surface area contributed by atoms with Crippen molar-refractivity contribution in [2.75, 3.05) is 52.3 Å². The van der Waals surface area contributed by atoms with E-state index in [0.29, 0.717) is 17.1 Å². The van der Waals surface area contributed by atoms with Crippen molar-refractivity contribution in [2.45, 2.75) is 57.4 Å². The van der Waals surface area contributed by atoms with E-state index in [0.717, 1.165) is 38.0 Å². The first-order valence-electron chi connectivity index (χ1n) is 14.4. The molecule has 2 aromatic rings. The van der Waals surface area contributed by atoms with Crippen LogP contribution < -0.4 is 16.8 Å². The van der Waals surface area contributed by atoms with Crippen LogP contribution in [0.25, 0.3) is 11.8 Å². The van der Waals surface area contributed by atoms with Gasteiger partial charge in [-0.1, -0.05) is 38.0 Å². The molecule has 0 spiro atoms. The predicted octanol–water partition coefficient (Wildman–Crippen LogP) is 4.52. The summed E-state index contributed by atoms with van der Waals surface area (Å²) in [6, 6.07) is 9.62. The Morgan fingerprint density at radius 2 is 1.65 bits per heavy atom. The molecule has 7 N–H and O–H groups in total. The standard InChI is InChI=1S/C12H13N3O.C10H19NO.C5H10O.C4H7NO/c13-10(7-8-5-6-15-12(8)14)9-3-1-2-4-11(9)16;1-2-4-10(5-3-1)11-6-8-12-9-7-11;1-2-4-6-5-3-1;1-3-4(6)5-2/h1-7,15-16H,13-14H2;10H,1-9H2;1-5H2;3H,1H2,2H3,(H,5,6)/b10-7-;;;. The number of rotatable bonds is 4. The number of phenols is 1. The van der Waals surface area contributed by atoms with Crippen molar-refractivity contribution in [3.05, 3.63) is 60.3 Å². The number of nitrogen functional groups attached to an aromatic ring is 1. The number of para-hydroxylation sites is 1. The number of carbonyl (C=O) groups excluding carboxylic acids is 1. The summed E-state index contributed by atoms with van der Waals surface area (Å²) in [5, 5.41) is 12.0. The minimum atomic E-state index is -0.144. The number of nitrogens with zero attached hydrogens (tertiary/aromatic N) is 1. The number of H-pyrrole nitrogens is 1. The number of morpholine rings is 1. The van der Waals surface area contributed by atoms with Gasteiger partial charge in [-0.15, -0.1) is 0 Å². The smallest absolute Gasteiger partial charge is 0.243 e. The molecule has 0 unspecified atom stereocenters. The Morgan fingerprint density at radius 1 is 1.02 bits per heavy atom. The first-order valence-corrected chi connectivity index (χ1v) is 14.4. The molecule has 0 radical (unpaired) electrons. The molecule has 9 nitrogen and oxygen atoms in total. The zero-order valence-corrected chi connectivity index (χ0v) is 24.1. The maximum absolute atomic E-state index is 9.95. The number of benzene rings is 1. The van der Waals surface area contributed by atoms with E-state index in [2.05, 4.69) is 21.8 Å². The molecular weight excluding hydrogens is 506 g/mol. The molecule has 9 heteroatoms. The molecule has 3 heterocycles. The molecule has 1 amide bonds. The molecule has 0 bridgehead atoms. The first-order chi connectivity index (χ1) is 19.5. The number of nitrogens with one attached hydrogen (secondary N) is 2. The van der Waals surface area contributed by atoms with Gasteiger partial charge in [0.2, 0.25) is 5.91 Å². The van der Waals surface area contributed by atoms with Crippen LogP contribution in [0.3, 0.4) is 0 Å². The molecule has 1 saturated carbocycles. The summed E-state index contributed by atoms with van der Waals surface area (Å²) in [7, 11) is 1.56. The maximum atomic E-state index is 9.95. The van der Waals surface area contributed by atoms with Crippen LogP contribution in [0, 0.1) is 0 Å². The summed E-state index contributed by atoms with van der Waals surface area (Å²) in [6.45, 7) is 9.47. The lowest BCUT2D eigenvalue weighted by Gasteiger charge is -2.36. The molecule has 2 aliphatic heterocycles. The Bertz CT molecular complexity index is 979. The van der Waals surface area contributed by atoms with Gasteiger partial charge in [-0.3, -0.25) is 9.69 Å². The van der Waals surface area contributed by atoms with Gasteiger partial charge in [-0.2, -0.15) is 0 Å². The topological polar surface area (TPSA) is 139 Å². The number of nitrogens with two attached hydrogens (primary N) is 2. The van der Waals surface area contributed by atoms with Gasteiger partial charge in [0, 0.05) is 62.4 Å². The van der Waals surface area contributed by atoms with Crippen molar-refractivity contribution in [1.82, 2.24) is 15.2 Å². The Morgan fingerprint density at radius 3 is 2.12 bits per heavy atom. The number of carbonyl (C=O) groups is 1. The normalized spacial score (nSPS) is 18.0. The minimum absolute atomic E-state index is 0.144. The van der Waals surface area contributed by atoms with Gasteiger partial charge in [-0.25, -0.2) is 0 Å². The van der Waals surface area contributed by atoms with E-state index in [1.807, 2.05) is 12.1 Å². The number of hydrogen-bond donors (Lipinski definition) is 5. The third-order valence-corrected chi connectivity index (χ3v) is 6.98. The van der Waals surface area contributed by atoms with Gasteiger partial charge in [0.1, 0.15) is 11.6 Å². The van der Waals surface area contributed by atoms with Crippen molar-refractivity contribution in [1.29, 1.82) is 0 Å². The molecule has 222 valence electrons. The third kappa shape index (κ3) is 12.7. The van der Waals surface area contributed by atoms with Crippen molar-refractivity contribution in [3.63, 3.8) is 0 Å². The lowest BCUT2D eigenvalue weighted by atomic mass is 9.94. The Kier molecular flexibility index (Phi) is 16.3. The van der Waals surface area contributed by atoms with E-state index in [4.69, 9.17) is 20.9 Å². The quantitative estimate of drug-likeness (QED) is 0.350. The Balaban J connectivity index is 0.000000204. The van der Waals surface area contributed by atoms with Crippen molar-refractivity contribution in [3.8, 4) is 5.75 Å². The zero-order valence-electron chi connectivity index (χ0n) is 24.1. The van der Waals surface area contributed by atoms with Crippen LogP contribution in [0.2, 0.25) is 0 Å². The number of aromatic hydroxyl groups is 1. The summed E-state index contributed by atoms with van der Waals surface area (Å²) in [5.74, 6) is 0.568. The average Bonchev–Trinajstić information content (AvgIpc) is 3.43. The molecule has 3 aliphatic rings. The number of aromatic nitrogens is 1. The van der Waals surface area contributed by atoms with Crippen LogP contribution in [0.5, 0.6) is 5.75 Å². The Labute approximate surface area is 239 Å². The van der Waals surface area contributed by atoms with Crippen molar-refractivity contribution < 1.29 is 19.4 Å². The fraction of sp³-hybridized carbons (Fsp3) is 0.516. The van der Waals surface area contributed by atoms with Crippen LogP contribution in [-0.2, 0) is 14.3 Å². The van der Waals surface area contributed by atoms with E-state index in [-0.39, 0.29) is 11.7 Å². The third-order valence-electron chi connectivity index (χ3n) is 6.98. The summed E-state index contributed by atoms with van der Waals surface area (Å²) in [5.41, 5.74) is 13.5.